The monoisotopic (exact) mass is 374 g/mol. The van der Waals surface area contributed by atoms with E-state index in [9.17, 15) is 18.8 Å². The summed E-state index contributed by atoms with van der Waals surface area (Å²) in [5.41, 5.74) is 0.374. The van der Waals surface area contributed by atoms with Crippen LogP contribution in [0, 0.1) is 0 Å². The number of hydrogen-bond donors (Lipinski definition) is 0. The number of hydrogen-bond acceptors (Lipinski definition) is 4. The molecule has 0 spiro atoms. The minimum Gasteiger partial charge on any atom is -0.444 e. The molecule has 0 N–H and O–H groups in total. The van der Waals surface area contributed by atoms with Crippen molar-refractivity contribution in [3.8, 4) is 0 Å². The van der Waals surface area contributed by atoms with Gasteiger partial charge in [-0.25, -0.2) is 9.18 Å². The van der Waals surface area contributed by atoms with Gasteiger partial charge in [0.05, 0.1) is 17.7 Å². The smallest absolute Gasteiger partial charge is 0.410 e. The molecular weight excluding hydrogens is 351 g/mol. The summed E-state index contributed by atoms with van der Waals surface area (Å²) < 4.78 is 20.2. The average molecular weight is 374 g/mol. The molecule has 0 atom stereocenters. The molecule has 1 fully saturated rings. The molecular formula is C20H23FN2O4. The van der Waals surface area contributed by atoms with Gasteiger partial charge < -0.3 is 9.64 Å². The zero-order chi connectivity index (χ0) is 19.8. The van der Waals surface area contributed by atoms with Crippen molar-refractivity contribution in [3.63, 3.8) is 0 Å². The van der Waals surface area contributed by atoms with E-state index in [0.29, 0.717) is 36.1 Å². The predicted molar refractivity (Wildman–Crippen MR) is 97.0 cm³/mol. The third kappa shape index (κ3) is 4.02. The van der Waals surface area contributed by atoms with Gasteiger partial charge in [0.2, 0.25) is 0 Å². The zero-order valence-electron chi connectivity index (χ0n) is 15.8. The Bertz CT molecular complexity index is 791. The Balaban J connectivity index is 1.72. The van der Waals surface area contributed by atoms with Crippen molar-refractivity contribution < 1.29 is 23.5 Å². The fourth-order valence-electron chi connectivity index (χ4n) is 3.21. The highest BCUT2D eigenvalue weighted by atomic mass is 19.1. The lowest BCUT2D eigenvalue weighted by Crippen LogP contribution is -2.41. The van der Waals surface area contributed by atoms with Crippen LogP contribution < -0.4 is 0 Å². The molecule has 144 valence electrons. The number of ether oxygens (including phenoxy) is 1. The lowest BCUT2D eigenvalue weighted by molar-refractivity contribution is 0.0243. The molecule has 1 aromatic rings. The zero-order valence-corrected chi connectivity index (χ0v) is 15.8. The summed E-state index contributed by atoms with van der Waals surface area (Å²) in [7, 11) is 0. The number of halogens is 1. The normalized spacial score (nSPS) is 19.3. The maximum absolute atomic E-state index is 14.8. The van der Waals surface area contributed by atoms with E-state index in [-0.39, 0.29) is 6.54 Å². The number of rotatable bonds is 2. The first-order valence-electron chi connectivity index (χ1n) is 8.97. The van der Waals surface area contributed by atoms with E-state index in [1.807, 2.05) is 0 Å². The van der Waals surface area contributed by atoms with Crippen LogP contribution >= 0.6 is 0 Å². The topological polar surface area (TPSA) is 66.9 Å². The van der Waals surface area contributed by atoms with Crippen LogP contribution in [0.25, 0.3) is 0 Å². The van der Waals surface area contributed by atoms with Crippen molar-refractivity contribution >= 4 is 17.9 Å². The van der Waals surface area contributed by atoms with Gasteiger partial charge in [0, 0.05) is 13.1 Å². The highest BCUT2D eigenvalue weighted by molar-refractivity contribution is 6.21. The van der Waals surface area contributed by atoms with Crippen molar-refractivity contribution in [3.05, 3.63) is 46.8 Å². The van der Waals surface area contributed by atoms with Gasteiger partial charge in [-0.05, 0) is 51.3 Å². The quantitative estimate of drug-likeness (QED) is 0.743. The Kier molecular flexibility index (Phi) is 5.04. The molecule has 2 aliphatic rings. The van der Waals surface area contributed by atoms with E-state index in [4.69, 9.17) is 4.74 Å². The molecule has 2 heterocycles. The Hall–Kier alpha value is -2.70. The van der Waals surface area contributed by atoms with Crippen LogP contribution in [0.2, 0.25) is 0 Å². The standard InChI is InChI=1S/C20H23FN2O4/c1-20(2,3)27-19(26)22-10-6-7-13(11-22)16(21)12-23-17(24)14-8-4-5-9-15(14)18(23)25/h4-5,8-9H,6-7,10-12H2,1-3H3. The lowest BCUT2D eigenvalue weighted by atomic mass is 10.0. The maximum atomic E-state index is 14.8. The van der Waals surface area contributed by atoms with Gasteiger partial charge in [-0.15, -0.1) is 0 Å². The number of carbonyl (C=O) groups is 3. The van der Waals surface area contributed by atoms with Crippen molar-refractivity contribution in [2.45, 2.75) is 39.2 Å². The Morgan fingerprint density at radius 2 is 1.74 bits per heavy atom. The SMILES string of the molecule is CC(C)(C)OC(=O)N1CCCC(=C(F)CN2C(=O)c3ccccc3C2=O)C1. The van der Waals surface area contributed by atoms with E-state index in [2.05, 4.69) is 0 Å². The fraction of sp³-hybridized carbons (Fsp3) is 0.450. The second kappa shape index (κ2) is 7.13. The number of piperidine rings is 1. The van der Waals surface area contributed by atoms with Gasteiger partial charge in [-0.1, -0.05) is 12.1 Å². The largest absolute Gasteiger partial charge is 0.444 e. The molecule has 3 amide bonds. The Morgan fingerprint density at radius 1 is 1.15 bits per heavy atom. The van der Waals surface area contributed by atoms with Crippen LogP contribution in [-0.2, 0) is 4.74 Å². The third-order valence-electron chi connectivity index (χ3n) is 4.50. The van der Waals surface area contributed by atoms with Crippen molar-refractivity contribution in [2.24, 2.45) is 0 Å². The molecule has 0 saturated carbocycles. The van der Waals surface area contributed by atoms with Gasteiger partial charge in [-0.3, -0.25) is 14.5 Å². The van der Waals surface area contributed by atoms with E-state index in [1.54, 1.807) is 45.0 Å². The van der Waals surface area contributed by atoms with Gasteiger partial charge in [0.15, 0.2) is 0 Å². The van der Waals surface area contributed by atoms with Gasteiger partial charge in [-0.2, -0.15) is 0 Å². The average Bonchev–Trinajstić information content (AvgIpc) is 2.86. The summed E-state index contributed by atoms with van der Waals surface area (Å²) >= 11 is 0. The predicted octanol–water partition coefficient (Wildman–Crippen LogP) is 3.54. The Labute approximate surface area is 157 Å². The Morgan fingerprint density at radius 3 is 2.30 bits per heavy atom. The number of imide groups is 1. The molecule has 2 aliphatic heterocycles. The number of fused-ring (bicyclic) bond motifs is 1. The minimum atomic E-state index is -0.628. The second-order valence-corrected chi connectivity index (χ2v) is 7.76. The number of benzene rings is 1. The first kappa shape index (κ1) is 19.1. The molecule has 3 rings (SSSR count). The number of amides is 3. The molecule has 27 heavy (non-hydrogen) atoms. The fourth-order valence-corrected chi connectivity index (χ4v) is 3.21. The lowest BCUT2D eigenvalue weighted by Gasteiger charge is -2.31. The third-order valence-corrected chi connectivity index (χ3v) is 4.50. The summed E-state index contributed by atoms with van der Waals surface area (Å²) in [4.78, 5) is 39.4. The summed E-state index contributed by atoms with van der Waals surface area (Å²) in [6, 6.07) is 6.46. The highest BCUT2D eigenvalue weighted by Crippen LogP contribution is 2.27. The summed E-state index contributed by atoms with van der Waals surface area (Å²) in [5, 5.41) is 0. The first-order valence-corrected chi connectivity index (χ1v) is 8.97. The summed E-state index contributed by atoms with van der Waals surface area (Å²) in [6.07, 6.45) is 0.589. The van der Waals surface area contributed by atoms with Crippen LogP contribution in [0.5, 0.6) is 0 Å². The molecule has 1 aromatic carbocycles. The molecule has 6 nitrogen and oxygen atoms in total. The van der Waals surface area contributed by atoms with Crippen LogP contribution in [0.1, 0.15) is 54.3 Å². The van der Waals surface area contributed by atoms with E-state index in [1.165, 1.54) is 4.90 Å². The molecule has 0 aliphatic carbocycles. The second-order valence-electron chi connectivity index (χ2n) is 7.76. The van der Waals surface area contributed by atoms with Gasteiger partial charge in [0.25, 0.3) is 11.8 Å². The van der Waals surface area contributed by atoms with Crippen LogP contribution in [0.4, 0.5) is 9.18 Å². The molecule has 7 heteroatoms. The summed E-state index contributed by atoms with van der Waals surface area (Å²) in [6.45, 7) is 5.49. The van der Waals surface area contributed by atoms with E-state index in [0.717, 1.165) is 4.90 Å². The maximum Gasteiger partial charge on any atom is 0.410 e. The molecule has 1 saturated heterocycles. The highest BCUT2D eigenvalue weighted by Gasteiger charge is 2.36. The van der Waals surface area contributed by atoms with Crippen molar-refractivity contribution in [2.75, 3.05) is 19.6 Å². The van der Waals surface area contributed by atoms with E-state index >= 15 is 0 Å². The van der Waals surface area contributed by atoms with Crippen LogP contribution in [0.3, 0.4) is 0 Å². The summed E-state index contributed by atoms with van der Waals surface area (Å²) in [5.74, 6) is -1.53. The number of likely N-dealkylation sites (tertiary alicyclic amines) is 1. The first-order chi connectivity index (χ1) is 12.7. The number of carbonyl (C=O) groups excluding carboxylic acids is 3. The molecule has 0 bridgehead atoms. The molecule has 0 unspecified atom stereocenters. The van der Waals surface area contributed by atoms with E-state index < -0.39 is 35.9 Å². The van der Waals surface area contributed by atoms with Gasteiger partial charge in [0.1, 0.15) is 11.4 Å². The molecule has 0 aromatic heterocycles. The van der Waals surface area contributed by atoms with Crippen LogP contribution in [-0.4, -0.2) is 52.9 Å². The van der Waals surface area contributed by atoms with Crippen molar-refractivity contribution in [1.82, 2.24) is 9.80 Å². The molecule has 0 radical (unpaired) electrons. The van der Waals surface area contributed by atoms with Gasteiger partial charge >= 0.3 is 6.09 Å². The number of nitrogens with zero attached hydrogens (tertiary/aromatic N) is 2. The van der Waals surface area contributed by atoms with Crippen molar-refractivity contribution in [1.29, 1.82) is 0 Å². The minimum absolute atomic E-state index is 0.101. The van der Waals surface area contributed by atoms with Crippen LogP contribution in [0.15, 0.2) is 35.7 Å².